The third-order valence-corrected chi connectivity index (χ3v) is 3.33. The molecule has 0 bridgehead atoms. The SMILES string of the molecule is CCNC1CCC(C)c2c(F)cc(F)cc21. The minimum Gasteiger partial charge on any atom is -0.310 e. The van der Waals surface area contributed by atoms with Gasteiger partial charge in [0.2, 0.25) is 0 Å². The number of benzene rings is 1. The molecule has 0 radical (unpaired) electrons. The first kappa shape index (κ1) is 11.5. The third-order valence-electron chi connectivity index (χ3n) is 3.33. The largest absolute Gasteiger partial charge is 0.310 e. The molecule has 0 amide bonds. The van der Waals surface area contributed by atoms with Crippen LogP contribution in [0.5, 0.6) is 0 Å². The van der Waals surface area contributed by atoms with Gasteiger partial charge in [-0.05, 0) is 42.5 Å². The smallest absolute Gasteiger partial charge is 0.129 e. The van der Waals surface area contributed by atoms with Crippen LogP contribution in [0.25, 0.3) is 0 Å². The lowest BCUT2D eigenvalue weighted by Crippen LogP contribution is -2.27. The van der Waals surface area contributed by atoms with Gasteiger partial charge >= 0.3 is 0 Å². The van der Waals surface area contributed by atoms with Crippen molar-refractivity contribution in [2.75, 3.05) is 6.54 Å². The number of nitrogens with one attached hydrogen (secondary N) is 1. The molecule has 88 valence electrons. The summed E-state index contributed by atoms with van der Waals surface area (Å²) >= 11 is 0. The van der Waals surface area contributed by atoms with E-state index < -0.39 is 11.6 Å². The Bertz CT molecular complexity index is 390. The second kappa shape index (κ2) is 4.50. The maximum Gasteiger partial charge on any atom is 0.129 e. The van der Waals surface area contributed by atoms with Gasteiger partial charge in [-0.15, -0.1) is 0 Å². The average Bonchev–Trinajstić information content (AvgIpc) is 2.21. The van der Waals surface area contributed by atoms with Crippen LogP contribution in [0.1, 0.15) is 49.8 Å². The topological polar surface area (TPSA) is 12.0 Å². The fraction of sp³-hybridized carbons (Fsp3) is 0.538. The molecular formula is C13H17F2N. The van der Waals surface area contributed by atoms with Crippen LogP contribution in [0.2, 0.25) is 0 Å². The zero-order chi connectivity index (χ0) is 11.7. The Morgan fingerprint density at radius 2 is 2.06 bits per heavy atom. The Kier molecular flexibility index (Phi) is 3.24. The van der Waals surface area contributed by atoms with Crippen molar-refractivity contribution in [2.45, 2.75) is 38.6 Å². The van der Waals surface area contributed by atoms with Gasteiger partial charge in [-0.2, -0.15) is 0 Å². The van der Waals surface area contributed by atoms with Gasteiger partial charge in [0.15, 0.2) is 0 Å². The van der Waals surface area contributed by atoms with E-state index in [1.165, 1.54) is 6.07 Å². The van der Waals surface area contributed by atoms with Gasteiger partial charge in [0.05, 0.1) is 0 Å². The van der Waals surface area contributed by atoms with E-state index >= 15 is 0 Å². The summed E-state index contributed by atoms with van der Waals surface area (Å²) in [6, 6.07) is 2.56. The van der Waals surface area contributed by atoms with E-state index in [0.29, 0.717) is 5.56 Å². The van der Waals surface area contributed by atoms with Crippen molar-refractivity contribution < 1.29 is 8.78 Å². The summed E-state index contributed by atoms with van der Waals surface area (Å²) < 4.78 is 27.0. The van der Waals surface area contributed by atoms with Crippen LogP contribution in [0.15, 0.2) is 12.1 Å². The predicted molar refractivity (Wildman–Crippen MR) is 60.4 cm³/mol. The van der Waals surface area contributed by atoms with E-state index in [4.69, 9.17) is 0 Å². The highest BCUT2D eigenvalue weighted by atomic mass is 19.1. The predicted octanol–water partition coefficient (Wildman–Crippen LogP) is 3.51. The first-order chi connectivity index (χ1) is 7.63. The Hall–Kier alpha value is -0.960. The first-order valence-electron chi connectivity index (χ1n) is 5.85. The van der Waals surface area contributed by atoms with Crippen molar-refractivity contribution in [2.24, 2.45) is 0 Å². The van der Waals surface area contributed by atoms with Gasteiger partial charge in [-0.1, -0.05) is 13.8 Å². The van der Waals surface area contributed by atoms with Gasteiger partial charge in [0.1, 0.15) is 11.6 Å². The molecule has 2 atom stereocenters. The molecule has 0 aliphatic heterocycles. The highest BCUT2D eigenvalue weighted by Gasteiger charge is 2.27. The monoisotopic (exact) mass is 225 g/mol. The minimum absolute atomic E-state index is 0.0985. The lowest BCUT2D eigenvalue weighted by Gasteiger charge is -2.30. The normalized spacial score (nSPS) is 24.2. The van der Waals surface area contributed by atoms with Gasteiger partial charge < -0.3 is 5.32 Å². The summed E-state index contributed by atoms with van der Waals surface area (Å²) in [5, 5.41) is 3.28. The van der Waals surface area contributed by atoms with Gasteiger partial charge in [-0.25, -0.2) is 8.78 Å². The van der Waals surface area contributed by atoms with Crippen LogP contribution in [0, 0.1) is 11.6 Å². The standard InChI is InChI=1S/C13H17F2N/c1-3-16-12-5-4-8(2)13-10(12)6-9(14)7-11(13)15/h6-8,12,16H,3-5H2,1-2H3. The van der Waals surface area contributed by atoms with E-state index in [2.05, 4.69) is 5.32 Å². The molecule has 0 saturated heterocycles. The molecule has 1 N–H and O–H groups in total. The van der Waals surface area contributed by atoms with Crippen LogP contribution in [0.4, 0.5) is 8.78 Å². The second-order valence-corrected chi connectivity index (χ2v) is 4.48. The summed E-state index contributed by atoms with van der Waals surface area (Å²) in [4.78, 5) is 0. The summed E-state index contributed by atoms with van der Waals surface area (Å²) in [5.41, 5.74) is 1.50. The quantitative estimate of drug-likeness (QED) is 0.812. The van der Waals surface area contributed by atoms with Gasteiger partial charge in [-0.3, -0.25) is 0 Å². The average molecular weight is 225 g/mol. The zero-order valence-electron chi connectivity index (χ0n) is 9.69. The lowest BCUT2D eigenvalue weighted by molar-refractivity contribution is 0.421. The molecule has 1 aliphatic carbocycles. The zero-order valence-corrected chi connectivity index (χ0v) is 9.69. The molecule has 16 heavy (non-hydrogen) atoms. The minimum atomic E-state index is -0.478. The number of halogens is 2. The van der Waals surface area contributed by atoms with Crippen molar-refractivity contribution in [3.63, 3.8) is 0 Å². The molecule has 0 saturated carbocycles. The molecule has 1 nitrogen and oxygen atoms in total. The lowest BCUT2D eigenvalue weighted by atomic mass is 9.80. The van der Waals surface area contributed by atoms with Crippen molar-refractivity contribution in [1.82, 2.24) is 5.32 Å². The maximum atomic E-state index is 13.7. The number of hydrogen-bond acceptors (Lipinski definition) is 1. The molecule has 2 rings (SSSR count). The van der Waals surface area contributed by atoms with E-state index in [1.54, 1.807) is 0 Å². The Balaban J connectivity index is 2.47. The summed E-state index contributed by atoms with van der Waals surface area (Å²) in [6.45, 7) is 4.83. The van der Waals surface area contributed by atoms with Crippen molar-refractivity contribution in [1.29, 1.82) is 0 Å². The van der Waals surface area contributed by atoms with Crippen LogP contribution < -0.4 is 5.32 Å². The molecule has 1 aromatic rings. The molecule has 1 aromatic carbocycles. The van der Waals surface area contributed by atoms with Crippen LogP contribution in [-0.2, 0) is 0 Å². The fourth-order valence-corrected chi connectivity index (χ4v) is 2.59. The van der Waals surface area contributed by atoms with Crippen molar-refractivity contribution in [3.8, 4) is 0 Å². The van der Waals surface area contributed by atoms with E-state index in [9.17, 15) is 8.78 Å². The van der Waals surface area contributed by atoms with E-state index in [1.807, 2.05) is 13.8 Å². The molecule has 0 fully saturated rings. The van der Waals surface area contributed by atoms with Crippen LogP contribution in [-0.4, -0.2) is 6.54 Å². The van der Waals surface area contributed by atoms with E-state index in [-0.39, 0.29) is 12.0 Å². The molecule has 1 aliphatic rings. The number of hydrogen-bond donors (Lipinski definition) is 1. The highest BCUT2D eigenvalue weighted by Crippen LogP contribution is 2.38. The van der Waals surface area contributed by atoms with E-state index in [0.717, 1.165) is 31.0 Å². The molecule has 0 heterocycles. The third kappa shape index (κ3) is 1.96. The van der Waals surface area contributed by atoms with Crippen molar-refractivity contribution >= 4 is 0 Å². The molecule has 3 heteroatoms. The molecule has 2 unspecified atom stereocenters. The summed E-state index contributed by atoms with van der Waals surface area (Å²) in [7, 11) is 0. The maximum absolute atomic E-state index is 13.7. The Morgan fingerprint density at radius 1 is 1.31 bits per heavy atom. The Morgan fingerprint density at radius 3 is 2.75 bits per heavy atom. The first-order valence-corrected chi connectivity index (χ1v) is 5.85. The van der Waals surface area contributed by atoms with Gasteiger partial charge in [0.25, 0.3) is 0 Å². The highest BCUT2D eigenvalue weighted by molar-refractivity contribution is 5.36. The molecule has 0 aromatic heterocycles. The van der Waals surface area contributed by atoms with Crippen molar-refractivity contribution in [3.05, 3.63) is 34.9 Å². The van der Waals surface area contributed by atoms with Crippen LogP contribution >= 0.6 is 0 Å². The van der Waals surface area contributed by atoms with Gasteiger partial charge in [0, 0.05) is 12.1 Å². The number of fused-ring (bicyclic) bond motifs is 1. The Labute approximate surface area is 94.9 Å². The summed E-state index contributed by atoms with van der Waals surface area (Å²) in [5.74, 6) is -0.691. The fourth-order valence-electron chi connectivity index (χ4n) is 2.59. The number of rotatable bonds is 2. The van der Waals surface area contributed by atoms with Crippen LogP contribution in [0.3, 0.4) is 0 Å². The summed E-state index contributed by atoms with van der Waals surface area (Å²) in [6.07, 6.45) is 1.90. The molecular weight excluding hydrogens is 208 g/mol. The molecule has 0 spiro atoms. The second-order valence-electron chi connectivity index (χ2n) is 4.48.